The molecule has 5 rings (SSSR count). The first-order valence-electron chi connectivity index (χ1n) is 11.2. The predicted octanol–water partition coefficient (Wildman–Crippen LogP) is 1.89. The van der Waals surface area contributed by atoms with E-state index in [4.69, 9.17) is 18.9 Å². The van der Waals surface area contributed by atoms with E-state index in [9.17, 15) is 9.90 Å². The Morgan fingerprint density at radius 1 is 1.06 bits per heavy atom. The molecule has 1 amide bonds. The van der Waals surface area contributed by atoms with Gasteiger partial charge < -0.3 is 34.3 Å². The summed E-state index contributed by atoms with van der Waals surface area (Å²) < 4.78 is 24.9. The zero-order chi connectivity index (χ0) is 22.7. The van der Waals surface area contributed by atoms with Gasteiger partial charge in [-0.3, -0.25) is 4.79 Å². The standard InChI is InChI=1S/C25H28N2O6/c28-21-11-13-27(24(29)26-21)23-25(12-14-32-25)22(31-16-19-9-5-2-6-10-19)20(33-23)17-30-15-18-7-3-1-4-8-18/h1-11,13,20,22-24,29H,12,14-17H2,(H,26,28)/t20-,22-,23-,24?,25-/m1/s1. The minimum atomic E-state index is -1.22. The minimum Gasteiger partial charge on any atom is -0.374 e. The lowest BCUT2D eigenvalue weighted by Gasteiger charge is -2.49. The molecule has 1 spiro atoms. The van der Waals surface area contributed by atoms with E-state index < -0.39 is 30.4 Å². The molecule has 33 heavy (non-hydrogen) atoms. The van der Waals surface area contributed by atoms with Crippen molar-refractivity contribution in [3.63, 3.8) is 0 Å². The maximum absolute atomic E-state index is 11.6. The average molecular weight is 453 g/mol. The van der Waals surface area contributed by atoms with E-state index in [1.807, 2.05) is 60.7 Å². The van der Waals surface area contributed by atoms with Gasteiger partial charge in [-0.25, -0.2) is 0 Å². The SMILES string of the molecule is O=C1C=CN([C@@H]2O[C@H](COCc3ccccc3)[C@@H](OCc3ccccc3)[C@]23CCO3)C(O)N1. The van der Waals surface area contributed by atoms with Crippen LogP contribution in [-0.2, 0) is 37.0 Å². The predicted molar refractivity (Wildman–Crippen MR) is 118 cm³/mol. The van der Waals surface area contributed by atoms with Crippen LogP contribution in [0.1, 0.15) is 17.5 Å². The smallest absolute Gasteiger partial charge is 0.248 e. The van der Waals surface area contributed by atoms with Gasteiger partial charge in [-0.15, -0.1) is 0 Å². The van der Waals surface area contributed by atoms with E-state index in [1.54, 1.807) is 11.1 Å². The van der Waals surface area contributed by atoms with Crippen LogP contribution >= 0.6 is 0 Å². The number of benzene rings is 2. The van der Waals surface area contributed by atoms with Crippen molar-refractivity contribution in [2.45, 2.75) is 50.0 Å². The lowest BCUT2D eigenvalue weighted by Crippen LogP contribution is -2.66. The molecule has 2 aromatic carbocycles. The highest BCUT2D eigenvalue weighted by atomic mass is 16.6. The summed E-state index contributed by atoms with van der Waals surface area (Å²) in [5, 5.41) is 13.0. The van der Waals surface area contributed by atoms with Crippen LogP contribution in [-0.4, -0.2) is 59.5 Å². The van der Waals surface area contributed by atoms with Crippen molar-refractivity contribution in [3.05, 3.63) is 84.1 Å². The molecular formula is C25H28N2O6. The lowest BCUT2D eigenvalue weighted by atomic mass is 9.85. The molecule has 3 aliphatic heterocycles. The fourth-order valence-corrected chi connectivity index (χ4v) is 4.58. The molecule has 3 aliphatic rings. The van der Waals surface area contributed by atoms with Gasteiger partial charge in [0.15, 0.2) is 6.23 Å². The molecule has 2 saturated heterocycles. The highest BCUT2D eigenvalue weighted by molar-refractivity contribution is 5.88. The van der Waals surface area contributed by atoms with Crippen molar-refractivity contribution >= 4 is 5.91 Å². The van der Waals surface area contributed by atoms with Crippen LogP contribution in [0.5, 0.6) is 0 Å². The molecule has 174 valence electrons. The number of ether oxygens (including phenoxy) is 4. The zero-order valence-electron chi connectivity index (χ0n) is 18.2. The van der Waals surface area contributed by atoms with Gasteiger partial charge in [-0.05, 0) is 11.1 Å². The maximum Gasteiger partial charge on any atom is 0.248 e. The summed E-state index contributed by atoms with van der Waals surface area (Å²) in [6.45, 7) is 1.72. The molecule has 2 N–H and O–H groups in total. The van der Waals surface area contributed by atoms with Crippen molar-refractivity contribution < 1.29 is 28.8 Å². The Labute approximate surface area is 192 Å². The number of nitrogens with one attached hydrogen (secondary N) is 1. The number of aliphatic hydroxyl groups is 1. The summed E-state index contributed by atoms with van der Waals surface area (Å²) >= 11 is 0. The summed E-state index contributed by atoms with van der Waals surface area (Å²) in [5.41, 5.74) is 1.34. The van der Waals surface area contributed by atoms with E-state index in [0.717, 1.165) is 11.1 Å². The molecule has 0 saturated carbocycles. The number of aliphatic hydroxyl groups excluding tert-OH is 1. The second kappa shape index (κ2) is 9.62. The van der Waals surface area contributed by atoms with Gasteiger partial charge in [-0.2, -0.15) is 0 Å². The first kappa shape index (κ1) is 22.1. The maximum atomic E-state index is 11.6. The first-order valence-corrected chi connectivity index (χ1v) is 11.2. The van der Waals surface area contributed by atoms with Crippen LogP contribution < -0.4 is 5.32 Å². The third-order valence-electron chi connectivity index (χ3n) is 6.29. The number of rotatable bonds is 8. The second-order valence-corrected chi connectivity index (χ2v) is 8.44. The van der Waals surface area contributed by atoms with Gasteiger partial charge >= 0.3 is 0 Å². The first-order chi connectivity index (χ1) is 16.2. The molecule has 1 unspecified atom stereocenters. The van der Waals surface area contributed by atoms with Gasteiger partial charge in [-0.1, -0.05) is 60.7 Å². The Morgan fingerprint density at radius 3 is 2.33 bits per heavy atom. The van der Waals surface area contributed by atoms with Gasteiger partial charge in [0.25, 0.3) is 0 Å². The minimum absolute atomic E-state index is 0.302. The van der Waals surface area contributed by atoms with Crippen molar-refractivity contribution in [2.24, 2.45) is 0 Å². The molecule has 3 heterocycles. The molecule has 2 aromatic rings. The normalized spacial score (nSPS) is 30.9. The van der Waals surface area contributed by atoms with Gasteiger partial charge in [0.2, 0.25) is 12.3 Å². The molecule has 0 bridgehead atoms. The Hall–Kier alpha value is -2.75. The Bertz CT molecular complexity index is 965. The molecule has 2 fully saturated rings. The second-order valence-electron chi connectivity index (χ2n) is 8.44. The number of hydrogen-bond donors (Lipinski definition) is 2. The Kier molecular flexibility index (Phi) is 6.43. The van der Waals surface area contributed by atoms with E-state index in [0.29, 0.717) is 32.8 Å². The largest absolute Gasteiger partial charge is 0.374 e. The van der Waals surface area contributed by atoms with E-state index in [-0.39, 0.29) is 5.91 Å². The molecule has 0 aromatic heterocycles. The van der Waals surface area contributed by atoms with Crippen molar-refractivity contribution in [1.29, 1.82) is 0 Å². The Balaban J connectivity index is 1.35. The topological polar surface area (TPSA) is 89.5 Å². The molecule has 0 radical (unpaired) electrons. The number of carbonyl (C=O) groups is 1. The number of amides is 1. The molecule has 8 heteroatoms. The lowest BCUT2D eigenvalue weighted by molar-refractivity contribution is -0.256. The third kappa shape index (κ3) is 4.53. The van der Waals surface area contributed by atoms with Crippen LogP contribution in [0.15, 0.2) is 72.9 Å². The summed E-state index contributed by atoms with van der Waals surface area (Å²) in [6.07, 6.45) is 0.931. The van der Waals surface area contributed by atoms with Crippen LogP contribution in [0.2, 0.25) is 0 Å². The summed E-state index contributed by atoms with van der Waals surface area (Å²) in [7, 11) is 0. The van der Waals surface area contributed by atoms with Crippen LogP contribution in [0.25, 0.3) is 0 Å². The van der Waals surface area contributed by atoms with E-state index in [2.05, 4.69) is 5.32 Å². The molecule has 5 atom stereocenters. The molecular weight excluding hydrogens is 424 g/mol. The highest BCUT2D eigenvalue weighted by Gasteiger charge is 2.64. The van der Waals surface area contributed by atoms with Crippen LogP contribution in [0.4, 0.5) is 0 Å². The highest BCUT2D eigenvalue weighted by Crippen LogP contribution is 2.46. The molecule has 8 nitrogen and oxygen atoms in total. The van der Waals surface area contributed by atoms with Gasteiger partial charge in [0.1, 0.15) is 17.8 Å². The van der Waals surface area contributed by atoms with E-state index in [1.165, 1.54) is 6.08 Å². The van der Waals surface area contributed by atoms with E-state index >= 15 is 0 Å². The monoisotopic (exact) mass is 452 g/mol. The number of hydrogen-bond acceptors (Lipinski definition) is 7. The van der Waals surface area contributed by atoms with Crippen molar-refractivity contribution in [2.75, 3.05) is 13.2 Å². The Morgan fingerprint density at radius 2 is 1.73 bits per heavy atom. The third-order valence-corrected chi connectivity index (χ3v) is 6.29. The molecule has 0 aliphatic carbocycles. The zero-order valence-corrected chi connectivity index (χ0v) is 18.2. The number of nitrogens with zero attached hydrogens (tertiary/aromatic N) is 1. The summed E-state index contributed by atoms with van der Waals surface area (Å²) in [6, 6.07) is 19.9. The number of carbonyl (C=O) groups excluding carboxylic acids is 1. The fraction of sp³-hybridized carbons (Fsp3) is 0.400. The quantitative estimate of drug-likeness (QED) is 0.632. The van der Waals surface area contributed by atoms with Crippen molar-refractivity contribution in [1.82, 2.24) is 10.2 Å². The van der Waals surface area contributed by atoms with Gasteiger partial charge in [0, 0.05) is 18.7 Å². The van der Waals surface area contributed by atoms with Gasteiger partial charge in [0.05, 0.1) is 26.4 Å². The fourth-order valence-electron chi connectivity index (χ4n) is 4.58. The van der Waals surface area contributed by atoms with Crippen LogP contribution in [0.3, 0.4) is 0 Å². The average Bonchev–Trinajstić information content (AvgIpc) is 3.13. The summed E-state index contributed by atoms with van der Waals surface area (Å²) in [5.74, 6) is -0.361. The van der Waals surface area contributed by atoms with Crippen LogP contribution in [0, 0.1) is 0 Å². The van der Waals surface area contributed by atoms with Crippen molar-refractivity contribution in [3.8, 4) is 0 Å². The summed E-state index contributed by atoms with van der Waals surface area (Å²) in [4.78, 5) is 13.2.